The van der Waals surface area contributed by atoms with Crippen LogP contribution in [0.25, 0.3) is 0 Å². The Balaban J connectivity index is 0.00000121. The van der Waals surface area contributed by atoms with Gasteiger partial charge in [0.25, 0.3) is 0 Å². The molecule has 0 radical (unpaired) electrons. The fourth-order valence-corrected chi connectivity index (χ4v) is 1.89. The zero-order valence-corrected chi connectivity index (χ0v) is 9.47. The molecule has 1 heterocycles. The molecule has 0 aliphatic carbocycles. The molecule has 1 rings (SSSR count). The van der Waals surface area contributed by atoms with E-state index in [9.17, 15) is 0 Å². The smallest absolute Gasteiger partial charge is 0.107 e. The van der Waals surface area contributed by atoms with Gasteiger partial charge < -0.3 is 4.90 Å². The molecule has 0 spiro atoms. The summed E-state index contributed by atoms with van der Waals surface area (Å²) >= 11 is 7.27. The van der Waals surface area contributed by atoms with Gasteiger partial charge in [0.05, 0.1) is 11.6 Å². The highest BCUT2D eigenvalue weighted by Crippen LogP contribution is 2.12. The number of aromatic nitrogens is 1. The molecule has 12 heavy (non-hydrogen) atoms. The average Bonchev–Trinajstić information content (AvgIpc) is 2.34. The van der Waals surface area contributed by atoms with Crippen molar-refractivity contribution in [1.82, 2.24) is 9.88 Å². The summed E-state index contributed by atoms with van der Waals surface area (Å²) in [6.07, 6.45) is 0. The predicted octanol–water partition coefficient (Wildman–Crippen LogP) is 2.37. The maximum atomic E-state index is 5.61. The zero-order chi connectivity index (χ0) is 8.27. The van der Waals surface area contributed by atoms with Gasteiger partial charge in [-0.2, -0.15) is 0 Å². The average molecular weight is 227 g/mol. The molecule has 0 unspecified atom stereocenters. The van der Waals surface area contributed by atoms with E-state index in [1.165, 1.54) is 0 Å². The van der Waals surface area contributed by atoms with Crippen LogP contribution in [0.4, 0.5) is 0 Å². The Morgan fingerprint density at radius 3 is 2.67 bits per heavy atom. The van der Waals surface area contributed by atoms with E-state index in [0.717, 1.165) is 17.2 Å². The number of nitrogens with zero attached hydrogens (tertiary/aromatic N) is 2. The van der Waals surface area contributed by atoms with Crippen molar-refractivity contribution in [2.45, 2.75) is 12.4 Å². The molecule has 70 valence electrons. The topological polar surface area (TPSA) is 16.1 Å². The van der Waals surface area contributed by atoms with Crippen molar-refractivity contribution in [3.05, 3.63) is 16.1 Å². The van der Waals surface area contributed by atoms with Crippen molar-refractivity contribution >= 4 is 35.3 Å². The summed E-state index contributed by atoms with van der Waals surface area (Å²) in [6.45, 7) is 0.904. The van der Waals surface area contributed by atoms with Crippen molar-refractivity contribution in [3.8, 4) is 0 Å². The van der Waals surface area contributed by atoms with Crippen molar-refractivity contribution in [2.24, 2.45) is 0 Å². The standard InChI is InChI=1S/C7H11ClN2S.ClH/c1-10(2)4-7-9-6(3-8)5-11-7;/h5H,3-4H2,1-2H3;1H. The van der Waals surface area contributed by atoms with Gasteiger partial charge in [-0.1, -0.05) is 0 Å². The third-order valence-electron chi connectivity index (χ3n) is 1.19. The molecule has 0 atom stereocenters. The Morgan fingerprint density at radius 1 is 1.58 bits per heavy atom. The lowest BCUT2D eigenvalue weighted by atomic mass is 10.5. The van der Waals surface area contributed by atoms with E-state index in [2.05, 4.69) is 9.88 Å². The second-order valence-corrected chi connectivity index (χ2v) is 3.81. The Bertz CT molecular complexity index is 225. The maximum Gasteiger partial charge on any atom is 0.107 e. The number of hydrogen-bond donors (Lipinski definition) is 0. The molecule has 1 aromatic heterocycles. The Kier molecular flexibility index (Phi) is 5.84. The van der Waals surface area contributed by atoms with Crippen LogP contribution in [0.5, 0.6) is 0 Å². The van der Waals surface area contributed by atoms with Gasteiger partial charge in [-0.3, -0.25) is 0 Å². The summed E-state index contributed by atoms with van der Waals surface area (Å²) in [5, 5.41) is 3.14. The molecule has 5 heteroatoms. The highest BCUT2D eigenvalue weighted by atomic mass is 35.5. The lowest BCUT2D eigenvalue weighted by Gasteiger charge is -2.04. The van der Waals surface area contributed by atoms with Gasteiger partial charge in [-0.05, 0) is 14.1 Å². The van der Waals surface area contributed by atoms with Gasteiger partial charge in [-0.15, -0.1) is 35.3 Å². The first kappa shape index (κ1) is 12.2. The van der Waals surface area contributed by atoms with Crippen LogP contribution in [-0.4, -0.2) is 24.0 Å². The predicted molar refractivity (Wildman–Crippen MR) is 56.3 cm³/mol. The van der Waals surface area contributed by atoms with Crippen LogP contribution in [0, 0.1) is 0 Å². The number of halogens is 2. The first-order valence-electron chi connectivity index (χ1n) is 3.36. The monoisotopic (exact) mass is 226 g/mol. The summed E-state index contributed by atoms with van der Waals surface area (Å²) < 4.78 is 0. The quantitative estimate of drug-likeness (QED) is 0.737. The third-order valence-corrected chi connectivity index (χ3v) is 2.34. The minimum atomic E-state index is 0. The van der Waals surface area contributed by atoms with Crippen LogP contribution < -0.4 is 0 Å². The highest BCUT2D eigenvalue weighted by molar-refractivity contribution is 7.09. The van der Waals surface area contributed by atoms with Crippen molar-refractivity contribution in [1.29, 1.82) is 0 Å². The van der Waals surface area contributed by atoms with Crippen molar-refractivity contribution in [3.63, 3.8) is 0 Å². The van der Waals surface area contributed by atoms with Gasteiger partial charge in [-0.25, -0.2) is 4.98 Å². The van der Waals surface area contributed by atoms with Gasteiger partial charge in [0.2, 0.25) is 0 Å². The Hall–Kier alpha value is 0.170. The number of thiazole rings is 1. The molecule has 0 N–H and O–H groups in total. The van der Waals surface area contributed by atoms with Gasteiger partial charge in [0, 0.05) is 11.9 Å². The van der Waals surface area contributed by atoms with Crippen LogP contribution in [0.2, 0.25) is 0 Å². The molecule has 0 aliphatic heterocycles. The van der Waals surface area contributed by atoms with E-state index in [-0.39, 0.29) is 12.4 Å². The van der Waals surface area contributed by atoms with E-state index in [1.54, 1.807) is 11.3 Å². The summed E-state index contributed by atoms with van der Waals surface area (Å²) in [5.41, 5.74) is 0.980. The number of alkyl halides is 1. The summed E-state index contributed by atoms with van der Waals surface area (Å²) in [7, 11) is 4.06. The van der Waals surface area contributed by atoms with Crippen LogP contribution in [0.15, 0.2) is 5.38 Å². The molecule has 0 bridgehead atoms. The highest BCUT2D eigenvalue weighted by Gasteiger charge is 2.00. The molecular weight excluding hydrogens is 215 g/mol. The lowest BCUT2D eigenvalue weighted by Crippen LogP contribution is -2.10. The van der Waals surface area contributed by atoms with E-state index in [1.807, 2.05) is 19.5 Å². The second-order valence-electron chi connectivity index (χ2n) is 2.60. The maximum absolute atomic E-state index is 5.61. The van der Waals surface area contributed by atoms with Crippen LogP contribution in [0.3, 0.4) is 0 Å². The normalized spacial score (nSPS) is 10.0. The SMILES string of the molecule is CN(C)Cc1nc(CCl)cs1.Cl. The molecule has 0 fully saturated rings. The number of hydrogen-bond acceptors (Lipinski definition) is 3. The van der Waals surface area contributed by atoms with Gasteiger partial charge in [0.15, 0.2) is 0 Å². The molecule has 0 amide bonds. The molecule has 0 aromatic carbocycles. The van der Waals surface area contributed by atoms with E-state index >= 15 is 0 Å². The van der Waals surface area contributed by atoms with Gasteiger partial charge in [0.1, 0.15) is 5.01 Å². The van der Waals surface area contributed by atoms with Crippen LogP contribution in [0.1, 0.15) is 10.7 Å². The minimum Gasteiger partial charge on any atom is -0.303 e. The third kappa shape index (κ3) is 3.72. The van der Waals surface area contributed by atoms with E-state index in [4.69, 9.17) is 11.6 Å². The first-order valence-corrected chi connectivity index (χ1v) is 4.77. The molecular formula is C7H12Cl2N2S. The largest absolute Gasteiger partial charge is 0.303 e. The molecule has 2 nitrogen and oxygen atoms in total. The van der Waals surface area contributed by atoms with Crippen LogP contribution >= 0.6 is 35.3 Å². The van der Waals surface area contributed by atoms with E-state index < -0.39 is 0 Å². The van der Waals surface area contributed by atoms with E-state index in [0.29, 0.717) is 5.88 Å². The molecule has 1 aromatic rings. The number of rotatable bonds is 3. The minimum absolute atomic E-state index is 0. The first-order chi connectivity index (χ1) is 5.22. The van der Waals surface area contributed by atoms with Crippen LogP contribution in [-0.2, 0) is 12.4 Å². The van der Waals surface area contributed by atoms with Crippen molar-refractivity contribution < 1.29 is 0 Å². The molecule has 0 saturated carbocycles. The Morgan fingerprint density at radius 2 is 2.25 bits per heavy atom. The summed E-state index contributed by atoms with van der Waals surface area (Å²) in [4.78, 5) is 6.41. The van der Waals surface area contributed by atoms with Gasteiger partial charge >= 0.3 is 0 Å². The van der Waals surface area contributed by atoms with Crippen molar-refractivity contribution in [2.75, 3.05) is 14.1 Å². The molecule has 0 aliphatic rings. The summed E-state index contributed by atoms with van der Waals surface area (Å²) in [6, 6.07) is 0. The Labute approximate surface area is 88.0 Å². The fraction of sp³-hybridized carbons (Fsp3) is 0.571. The summed E-state index contributed by atoms with van der Waals surface area (Å²) in [5.74, 6) is 0.518. The lowest BCUT2D eigenvalue weighted by molar-refractivity contribution is 0.401. The second kappa shape index (κ2) is 5.75. The molecule has 0 saturated heterocycles. The zero-order valence-electron chi connectivity index (χ0n) is 7.08. The fourth-order valence-electron chi connectivity index (χ4n) is 0.753.